The smallest absolute Gasteiger partial charge is 0.0995 e. The highest BCUT2D eigenvalue weighted by atomic mass is 15.4. The Morgan fingerprint density at radius 3 is 2.42 bits per heavy atom. The summed E-state index contributed by atoms with van der Waals surface area (Å²) in [6, 6.07) is 8.64. The normalized spacial score (nSPS) is 16.1. The molecule has 4 rings (SSSR count). The summed E-state index contributed by atoms with van der Waals surface area (Å²) in [4.78, 5) is 8.84. The van der Waals surface area contributed by atoms with Gasteiger partial charge < -0.3 is 9.80 Å². The van der Waals surface area contributed by atoms with Crippen LogP contribution in [0.5, 0.6) is 0 Å². The zero-order chi connectivity index (χ0) is 16.7. The van der Waals surface area contributed by atoms with E-state index < -0.39 is 0 Å². The Hall–Kier alpha value is -2.81. The Kier molecular flexibility index (Phi) is 3.49. The van der Waals surface area contributed by atoms with Crippen LogP contribution in [0.15, 0.2) is 66.8 Å². The predicted octanol–water partition coefficient (Wildman–Crippen LogP) is 4.54. The molecule has 24 heavy (non-hydrogen) atoms. The summed E-state index contributed by atoms with van der Waals surface area (Å²) in [6.45, 7) is 7.38. The summed E-state index contributed by atoms with van der Waals surface area (Å²) >= 11 is 0. The number of rotatable bonds is 2. The lowest BCUT2D eigenvalue weighted by molar-refractivity contribution is 0.543. The topological polar surface area (TPSA) is 19.4 Å². The highest BCUT2D eigenvalue weighted by molar-refractivity contribution is 5.73. The number of allylic oxidation sites excluding steroid dienone is 3. The lowest BCUT2D eigenvalue weighted by Gasteiger charge is -2.28. The molecule has 3 heterocycles. The molecule has 0 saturated heterocycles. The van der Waals surface area contributed by atoms with Gasteiger partial charge in [-0.3, -0.25) is 4.98 Å². The highest BCUT2D eigenvalue weighted by Crippen LogP contribution is 2.36. The van der Waals surface area contributed by atoms with E-state index >= 15 is 0 Å². The van der Waals surface area contributed by atoms with Crippen LogP contribution in [0.2, 0.25) is 0 Å². The summed E-state index contributed by atoms with van der Waals surface area (Å²) in [7, 11) is 0. The molecule has 0 saturated carbocycles. The maximum Gasteiger partial charge on any atom is 0.0995 e. The van der Waals surface area contributed by atoms with E-state index in [1.807, 2.05) is 12.4 Å². The molecule has 0 amide bonds. The highest BCUT2D eigenvalue weighted by Gasteiger charge is 2.27. The minimum atomic E-state index is 0.832. The van der Waals surface area contributed by atoms with Crippen molar-refractivity contribution in [1.82, 2.24) is 9.88 Å². The molecule has 0 spiro atoms. The summed E-state index contributed by atoms with van der Waals surface area (Å²) in [6.07, 6.45) is 12.4. The van der Waals surface area contributed by atoms with Crippen molar-refractivity contribution in [3.8, 4) is 0 Å². The second-order valence-corrected chi connectivity index (χ2v) is 6.49. The lowest BCUT2D eigenvalue weighted by atomic mass is 10.0. The molecule has 120 valence electrons. The maximum absolute atomic E-state index is 4.13. The van der Waals surface area contributed by atoms with Gasteiger partial charge in [0.15, 0.2) is 0 Å². The molecule has 3 nitrogen and oxygen atoms in total. The number of benzene rings is 1. The number of aryl methyl sites for hydroxylation is 3. The number of pyridine rings is 1. The molecule has 0 radical (unpaired) electrons. The number of hydrogen-bond acceptors (Lipinski definition) is 3. The lowest BCUT2D eigenvalue weighted by Crippen LogP contribution is -2.27. The Bertz CT molecular complexity index is 852. The zero-order valence-electron chi connectivity index (χ0n) is 14.3. The first kappa shape index (κ1) is 14.8. The molecule has 0 bridgehead atoms. The van der Waals surface area contributed by atoms with Gasteiger partial charge in [0, 0.05) is 29.8 Å². The van der Waals surface area contributed by atoms with Gasteiger partial charge in [0.2, 0.25) is 0 Å². The van der Waals surface area contributed by atoms with E-state index in [1.165, 1.54) is 39.3 Å². The number of fused-ring (bicyclic) bond motifs is 1. The molecule has 0 fully saturated rings. The van der Waals surface area contributed by atoms with Crippen molar-refractivity contribution in [2.75, 3.05) is 11.6 Å². The predicted molar refractivity (Wildman–Crippen MR) is 99.3 cm³/mol. The monoisotopic (exact) mass is 315 g/mol. The van der Waals surface area contributed by atoms with Crippen molar-refractivity contribution in [3.63, 3.8) is 0 Å². The van der Waals surface area contributed by atoms with Crippen molar-refractivity contribution in [2.24, 2.45) is 0 Å². The first-order chi connectivity index (χ1) is 11.6. The second kappa shape index (κ2) is 5.68. The second-order valence-electron chi connectivity index (χ2n) is 6.49. The minimum Gasteiger partial charge on any atom is -0.327 e. The minimum absolute atomic E-state index is 0.832. The van der Waals surface area contributed by atoms with E-state index in [0.717, 1.165) is 6.67 Å². The number of aromatic nitrogens is 1. The van der Waals surface area contributed by atoms with Gasteiger partial charge in [0.05, 0.1) is 18.1 Å². The molecule has 0 atom stereocenters. The van der Waals surface area contributed by atoms with Crippen LogP contribution in [0.3, 0.4) is 0 Å². The summed E-state index contributed by atoms with van der Waals surface area (Å²) in [5.41, 5.74) is 8.91. The number of nitrogens with zero attached hydrogens (tertiary/aromatic N) is 3. The molecule has 2 aromatic rings. The molecular formula is C21H21N3. The SMILES string of the molecule is Cc1cc(C)c(N2C=C3C=CC=C(c4ccncc4)N3C2)c(C)c1. The van der Waals surface area contributed by atoms with Crippen LogP contribution >= 0.6 is 0 Å². The van der Waals surface area contributed by atoms with E-state index in [1.54, 1.807) is 0 Å². The Labute approximate surface area is 143 Å². The van der Waals surface area contributed by atoms with Gasteiger partial charge in [-0.15, -0.1) is 0 Å². The standard InChI is InChI=1S/C21H21N3/c1-15-11-16(2)21(17(3)12-15)23-13-19-5-4-6-20(24(19)14-23)18-7-9-22-10-8-18/h4-13H,14H2,1-3H3. The zero-order valence-corrected chi connectivity index (χ0v) is 14.3. The van der Waals surface area contributed by atoms with Gasteiger partial charge in [-0.2, -0.15) is 0 Å². The van der Waals surface area contributed by atoms with Gasteiger partial charge in [-0.05, 0) is 56.2 Å². The third-order valence-electron chi connectivity index (χ3n) is 4.60. The van der Waals surface area contributed by atoms with Crippen molar-refractivity contribution < 1.29 is 0 Å². The van der Waals surface area contributed by atoms with E-state index in [0.29, 0.717) is 0 Å². The average Bonchev–Trinajstić information content (AvgIpc) is 2.98. The Balaban J connectivity index is 1.71. The Morgan fingerprint density at radius 2 is 1.71 bits per heavy atom. The van der Waals surface area contributed by atoms with Crippen LogP contribution in [0.25, 0.3) is 5.70 Å². The van der Waals surface area contributed by atoms with Gasteiger partial charge >= 0.3 is 0 Å². The van der Waals surface area contributed by atoms with Gasteiger partial charge in [-0.1, -0.05) is 23.8 Å². The van der Waals surface area contributed by atoms with E-state index in [4.69, 9.17) is 0 Å². The molecule has 0 unspecified atom stereocenters. The van der Waals surface area contributed by atoms with Crippen LogP contribution in [-0.4, -0.2) is 16.6 Å². The summed E-state index contributed by atoms with van der Waals surface area (Å²) < 4.78 is 0. The van der Waals surface area contributed by atoms with Crippen LogP contribution in [0.1, 0.15) is 22.3 Å². The molecule has 0 N–H and O–H groups in total. The van der Waals surface area contributed by atoms with Gasteiger partial charge in [0.25, 0.3) is 0 Å². The number of hydrogen-bond donors (Lipinski definition) is 0. The molecule has 2 aliphatic heterocycles. The molecule has 2 aliphatic rings. The maximum atomic E-state index is 4.13. The fourth-order valence-corrected chi connectivity index (χ4v) is 3.72. The summed E-state index contributed by atoms with van der Waals surface area (Å²) in [5, 5.41) is 0. The van der Waals surface area contributed by atoms with Gasteiger partial charge in [0.1, 0.15) is 0 Å². The first-order valence-electron chi connectivity index (χ1n) is 8.26. The van der Waals surface area contributed by atoms with Crippen LogP contribution in [0.4, 0.5) is 5.69 Å². The first-order valence-corrected chi connectivity index (χ1v) is 8.26. The molecule has 1 aromatic carbocycles. The quantitative estimate of drug-likeness (QED) is 0.811. The fraction of sp³-hybridized carbons (Fsp3) is 0.190. The molecule has 0 aliphatic carbocycles. The van der Waals surface area contributed by atoms with Crippen molar-refractivity contribution in [3.05, 3.63) is 89.0 Å². The van der Waals surface area contributed by atoms with Crippen LogP contribution in [-0.2, 0) is 0 Å². The van der Waals surface area contributed by atoms with Gasteiger partial charge in [-0.25, -0.2) is 0 Å². The van der Waals surface area contributed by atoms with E-state index in [9.17, 15) is 0 Å². The third kappa shape index (κ3) is 2.42. The Morgan fingerprint density at radius 1 is 1.00 bits per heavy atom. The van der Waals surface area contributed by atoms with Crippen LogP contribution in [0, 0.1) is 20.8 Å². The van der Waals surface area contributed by atoms with Crippen molar-refractivity contribution in [2.45, 2.75) is 20.8 Å². The summed E-state index contributed by atoms with van der Waals surface area (Å²) in [5.74, 6) is 0. The third-order valence-corrected chi connectivity index (χ3v) is 4.60. The van der Waals surface area contributed by atoms with Crippen molar-refractivity contribution in [1.29, 1.82) is 0 Å². The molecule has 1 aromatic heterocycles. The van der Waals surface area contributed by atoms with E-state index in [2.05, 4.69) is 84.2 Å². The largest absolute Gasteiger partial charge is 0.327 e. The number of anilines is 1. The molecular weight excluding hydrogens is 294 g/mol. The van der Waals surface area contributed by atoms with Crippen LogP contribution < -0.4 is 4.90 Å². The fourth-order valence-electron chi connectivity index (χ4n) is 3.72. The molecule has 3 heteroatoms. The van der Waals surface area contributed by atoms with Crippen molar-refractivity contribution >= 4 is 11.4 Å². The average molecular weight is 315 g/mol. The van der Waals surface area contributed by atoms with E-state index in [-0.39, 0.29) is 0 Å².